The van der Waals surface area contributed by atoms with E-state index in [9.17, 15) is 0 Å². The molecular formula is C13H15N3O2. The number of nitrogens with zero attached hydrogens (tertiary/aromatic N) is 2. The molecule has 0 aliphatic heterocycles. The molecule has 1 aliphatic carbocycles. The number of anilines is 1. The largest absolute Gasteiger partial charge is 0.485 e. The van der Waals surface area contributed by atoms with Gasteiger partial charge in [-0.3, -0.25) is 0 Å². The van der Waals surface area contributed by atoms with E-state index in [1.54, 1.807) is 0 Å². The summed E-state index contributed by atoms with van der Waals surface area (Å²) < 4.78 is 10.8. The lowest BCUT2D eigenvalue weighted by atomic mass is 10.2. The van der Waals surface area contributed by atoms with E-state index in [-0.39, 0.29) is 0 Å². The van der Waals surface area contributed by atoms with Gasteiger partial charge in [0, 0.05) is 11.6 Å². The molecule has 94 valence electrons. The Morgan fingerprint density at radius 2 is 2.28 bits per heavy atom. The second-order valence-electron chi connectivity index (χ2n) is 4.64. The van der Waals surface area contributed by atoms with Crippen LogP contribution >= 0.6 is 0 Å². The van der Waals surface area contributed by atoms with Gasteiger partial charge >= 0.3 is 0 Å². The summed E-state index contributed by atoms with van der Waals surface area (Å²) in [5.74, 6) is 2.60. The molecule has 18 heavy (non-hydrogen) atoms. The minimum absolute atomic E-state index is 0.320. The Bertz CT molecular complexity index is 561. The minimum atomic E-state index is 0.320. The van der Waals surface area contributed by atoms with Crippen molar-refractivity contribution in [2.45, 2.75) is 32.3 Å². The maximum atomic E-state index is 5.68. The average Bonchev–Trinajstić information content (AvgIpc) is 3.08. The summed E-state index contributed by atoms with van der Waals surface area (Å²) in [5, 5.41) is 3.90. The van der Waals surface area contributed by atoms with Gasteiger partial charge < -0.3 is 15.0 Å². The molecule has 1 saturated carbocycles. The van der Waals surface area contributed by atoms with Gasteiger partial charge in [-0.25, -0.2) is 0 Å². The second kappa shape index (κ2) is 4.33. The van der Waals surface area contributed by atoms with E-state index < -0.39 is 0 Å². The number of nitrogens with two attached hydrogens (primary N) is 1. The smallest absolute Gasteiger partial charge is 0.229 e. The molecule has 2 aromatic rings. The lowest BCUT2D eigenvalue weighted by Gasteiger charge is -2.07. The molecule has 0 unspecified atom stereocenters. The molecule has 0 atom stereocenters. The van der Waals surface area contributed by atoms with Crippen LogP contribution in [0, 0.1) is 6.92 Å². The number of hydrogen-bond acceptors (Lipinski definition) is 5. The first-order valence-electron chi connectivity index (χ1n) is 6.04. The van der Waals surface area contributed by atoms with E-state index in [1.807, 2.05) is 25.1 Å². The van der Waals surface area contributed by atoms with Crippen molar-refractivity contribution < 1.29 is 9.26 Å². The van der Waals surface area contributed by atoms with Crippen molar-refractivity contribution in [1.29, 1.82) is 0 Å². The lowest BCUT2D eigenvalue weighted by molar-refractivity contribution is 0.283. The van der Waals surface area contributed by atoms with E-state index in [4.69, 9.17) is 15.0 Å². The van der Waals surface area contributed by atoms with Gasteiger partial charge in [0.25, 0.3) is 0 Å². The van der Waals surface area contributed by atoms with Crippen LogP contribution in [0.4, 0.5) is 5.69 Å². The van der Waals surface area contributed by atoms with Crippen molar-refractivity contribution in [3.8, 4) is 5.75 Å². The third-order valence-electron chi connectivity index (χ3n) is 2.97. The van der Waals surface area contributed by atoms with Gasteiger partial charge in [-0.1, -0.05) is 5.16 Å². The summed E-state index contributed by atoms with van der Waals surface area (Å²) in [6, 6.07) is 5.54. The Morgan fingerprint density at radius 3 is 3.00 bits per heavy atom. The van der Waals surface area contributed by atoms with Crippen LogP contribution in [-0.4, -0.2) is 10.1 Å². The van der Waals surface area contributed by atoms with E-state index in [0.717, 1.165) is 35.7 Å². The molecule has 0 bridgehead atoms. The first-order valence-corrected chi connectivity index (χ1v) is 6.04. The third kappa shape index (κ3) is 2.30. The predicted molar refractivity (Wildman–Crippen MR) is 66.2 cm³/mol. The van der Waals surface area contributed by atoms with Crippen molar-refractivity contribution in [2.24, 2.45) is 0 Å². The van der Waals surface area contributed by atoms with Crippen LogP contribution in [0.15, 0.2) is 22.7 Å². The average molecular weight is 245 g/mol. The monoisotopic (exact) mass is 245 g/mol. The van der Waals surface area contributed by atoms with E-state index in [0.29, 0.717) is 18.3 Å². The number of ether oxygens (including phenoxy) is 1. The molecule has 3 rings (SSSR count). The topological polar surface area (TPSA) is 74.2 Å². The lowest BCUT2D eigenvalue weighted by Crippen LogP contribution is -1.99. The van der Waals surface area contributed by atoms with Crippen molar-refractivity contribution in [1.82, 2.24) is 10.1 Å². The highest BCUT2D eigenvalue weighted by molar-refractivity contribution is 5.47. The fraction of sp³-hybridized carbons (Fsp3) is 0.385. The Labute approximate surface area is 105 Å². The normalized spacial score (nSPS) is 14.7. The summed E-state index contributed by atoms with van der Waals surface area (Å²) >= 11 is 0. The highest BCUT2D eigenvalue weighted by Crippen LogP contribution is 2.38. The highest BCUT2D eigenvalue weighted by atomic mass is 16.5. The van der Waals surface area contributed by atoms with Gasteiger partial charge in [-0.05, 0) is 43.5 Å². The first kappa shape index (κ1) is 11.1. The standard InChI is InChI=1S/C13H15N3O2/c1-8-6-10(14)4-5-11(8)17-7-12-15-13(18-16-12)9-2-3-9/h4-6,9H,2-3,7,14H2,1H3. The second-order valence-corrected chi connectivity index (χ2v) is 4.64. The molecule has 1 heterocycles. The molecule has 0 spiro atoms. The Kier molecular flexibility index (Phi) is 2.66. The zero-order valence-corrected chi connectivity index (χ0v) is 10.2. The van der Waals surface area contributed by atoms with E-state index >= 15 is 0 Å². The van der Waals surface area contributed by atoms with Crippen LogP contribution in [0.2, 0.25) is 0 Å². The first-order chi connectivity index (χ1) is 8.72. The highest BCUT2D eigenvalue weighted by Gasteiger charge is 2.29. The molecule has 0 saturated heterocycles. The number of hydrogen-bond donors (Lipinski definition) is 1. The fourth-order valence-electron chi connectivity index (χ4n) is 1.80. The zero-order chi connectivity index (χ0) is 12.5. The van der Waals surface area contributed by atoms with E-state index in [2.05, 4.69) is 10.1 Å². The molecule has 0 amide bonds. The number of rotatable bonds is 4. The summed E-state index contributed by atoms with van der Waals surface area (Å²) in [6.07, 6.45) is 2.30. The minimum Gasteiger partial charge on any atom is -0.485 e. The molecule has 0 radical (unpaired) electrons. The number of aryl methyl sites for hydroxylation is 1. The molecule has 2 N–H and O–H groups in total. The molecule has 1 aliphatic rings. The quantitative estimate of drug-likeness (QED) is 0.837. The summed E-state index contributed by atoms with van der Waals surface area (Å²) in [7, 11) is 0. The van der Waals surface area contributed by atoms with E-state index in [1.165, 1.54) is 0 Å². The molecule has 1 aromatic carbocycles. The molecule has 5 heteroatoms. The van der Waals surface area contributed by atoms with Gasteiger partial charge in [-0.2, -0.15) is 4.98 Å². The Morgan fingerprint density at radius 1 is 1.44 bits per heavy atom. The Balaban J connectivity index is 1.65. The third-order valence-corrected chi connectivity index (χ3v) is 2.97. The van der Waals surface area contributed by atoms with Crippen LogP contribution < -0.4 is 10.5 Å². The Hall–Kier alpha value is -2.04. The van der Waals surface area contributed by atoms with Gasteiger partial charge in [0.05, 0.1) is 0 Å². The van der Waals surface area contributed by atoms with Gasteiger partial charge in [0.1, 0.15) is 5.75 Å². The van der Waals surface area contributed by atoms with Crippen molar-refractivity contribution in [3.05, 3.63) is 35.5 Å². The van der Waals surface area contributed by atoms with Crippen LogP contribution in [0.25, 0.3) is 0 Å². The number of nitrogen functional groups attached to an aromatic ring is 1. The molecule has 5 nitrogen and oxygen atoms in total. The van der Waals surface area contributed by atoms with Crippen LogP contribution in [0.5, 0.6) is 5.75 Å². The predicted octanol–water partition coefficient (Wildman–Crippen LogP) is 2.42. The van der Waals surface area contributed by atoms with Crippen molar-refractivity contribution in [2.75, 3.05) is 5.73 Å². The van der Waals surface area contributed by atoms with Gasteiger partial charge in [0.15, 0.2) is 6.61 Å². The number of benzene rings is 1. The summed E-state index contributed by atoms with van der Waals surface area (Å²) in [4.78, 5) is 4.31. The van der Waals surface area contributed by atoms with Crippen LogP contribution in [0.1, 0.15) is 36.0 Å². The van der Waals surface area contributed by atoms with Crippen LogP contribution in [-0.2, 0) is 6.61 Å². The fourth-order valence-corrected chi connectivity index (χ4v) is 1.80. The van der Waals surface area contributed by atoms with Crippen LogP contribution in [0.3, 0.4) is 0 Å². The van der Waals surface area contributed by atoms with Crippen molar-refractivity contribution in [3.63, 3.8) is 0 Å². The molecule has 1 fully saturated rings. The number of aromatic nitrogens is 2. The molecular weight excluding hydrogens is 230 g/mol. The summed E-state index contributed by atoms with van der Waals surface area (Å²) in [6.45, 7) is 2.28. The zero-order valence-electron chi connectivity index (χ0n) is 10.2. The van der Waals surface area contributed by atoms with Crippen molar-refractivity contribution >= 4 is 5.69 Å². The van der Waals surface area contributed by atoms with Gasteiger partial charge in [0.2, 0.25) is 11.7 Å². The molecule has 1 aromatic heterocycles. The maximum absolute atomic E-state index is 5.68. The SMILES string of the molecule is Cc1cc(N)ccc1OCc1noc(C2CC2)n1. The van der Waals surface area contributed by atoms with Gasteiger partial charge in [-0.15, -0.1) is 0 Å². The maximum Gasteiger partial charge on any atom is 0.229 e. The summed E-state index contributed by atoms with van der Waals surface area (Å²) in [5.41, 5.74) is 7.42.